The molecule has 1 aromatic carbocycles. The number of benzene rings is 1. The van der Waals surface area contributed by atoms with Gasteiger partial charge in [0.15, 0.2) is 4.90 Å². The SMILES string of the molecule is NS(=O)(=O)c1cccc(CCCCC(=O)O)c1[N+](=O)[O-]. The Kier molecular flexibility index (Phi) is 5.17. The van der Waals surface area contributed by atoms with Crippen molar-refractivity contribution in [1.82, 2.24) is 0 Å². The molecule has 110 valence electrons. The van der Waals surface area contributed by atoms with Gasteiger partial charge in [-0.25, -0.2) is 13.6 Å². The van der Waals surface area contributed by atoms with Gasteiger partial charge in [0.25, 0.3) is 5.69 Å². The average molecular weight is 302 g/mol. The number of nitro groups is 1. The van der Waals surface area contributed by atoms with E-state index in [0.29, 0.717) is 12.8 Å². The van der Waals surface area contributed by atoms with Crippen LogP contribution in [0.3, 0.4) is 0 Å². The van der Waals surface area contributed by atoms with Crippen LogP contribution in [0.15, 0.2) is 23.1 Å². The van der Waals surface area contributed by atoms with Gasteiger partial charge in [-0.3, -0.25) is 14.9 Å². The summed E-state index contributed by atoms with van der Waals surface area (Å²) in [6.45, 7) is 0. The van der Waals surface area contributed by atoms with Crippen LogP contribution in [-0.2, 0) is 21.2 Å². The summed E-state index contributed by atoms with van der Waals surface area (Å²) in [6, 6.07) is 3.89. The number of carboxylic acid groups (broad SMARTS) is 1. The van der Waals surface area contributed by atoms with Crippen LogP contribution in [0.1, 0.15) is 24.8 Å². The van der Waals surface area contributed by atoms with E-state index in [-0.39, 0.29) is 18.4 Å². The van der Waals surface area contributed by atoms with Crippen LogP contribution >= 0.6 is 0 Å². The zero-order valence-corrected chi connectivity index (χ0v) is 11.3. The number of sulfonamides is 1. The Hall–Kier alpha value is -2.00. The summed E-state index contributed by atoms with van der Waals surface area (Å²) in [7, 11) is -4.18. The maximum Gasteiger partial charge on any atom is 0.303 e. The number of hydrogen-bond acceptors (Lipinski definition) is 5. The molecule has 0 bridgehead atoms. The number of rotatable bonds is 7. The van der Waals surface area contributed by atoms with E-state index in [0.717, 1.165) is 6.07 Å². The lowest BCUT2D eigenvalue weighted by Gasteiger charge is -2.06. The van der Waals surface area contributed by atoms with Crippen molar-refractivity contribution in [1.29, 1.82) is 0 Å². The smallest absolute Gasteiger partial charge is 0.303 e. The van der Waals surface area contributed by atoms with E-state index in [1.807, 2.05) is 0 Å². The number of nitrogens with two attached hydrogens (primary N) is 1. The van der Waals surface area contributed by atoms with E-state index in [4.69, 9.17) is 10.2 Å². The molecule has 8 nitrogen and oxygen atoms in total. The second-order valence-electron chi connectivity index (χ2n) is 4.17. The Labute approximate surface area is 115 Å². The van der Waals surface area contributed by atoms with E-state index < -0.39 is 31.5 Å². The Bertz CT molecular complexity index is 626. The molecular formula is C11H14N2O6S. The van der Waals surface area contributed by atoms with Crippen LogP contribution < -0.4 is 5.14 Å². The maximum atomic E-state index is 11.3. The molecule has 0 radical (unpaired) electrons. The van der Waals surface area contributed by atoms with Crippen molar-refractivity contribution in [2.24, 2.45) is 5.14 Å². The summed E-state index contributed by atoms with van der Waals surface area (Å²) in [5.41, 5.74) is -0.308. The van der Waals surface area contributed by atoms with Gasteiger partial charge in [0.2, 0.25) is 10.0 Å². The first kappa shape index (κ1) is 16.1. The molecule has 0 atom stereocenters. The van der Waals surface area contributed by atoms with Crippen LogP contribution in [-0.4, -0.2) is 24.4 Å². The molecule has 0 aliphatic carbocycles. The van der Waals surface area contributed by atoms with Gasteiger partial charge in [0.05, 0.1) is 4.92 Å². The van der Waals surface area contributed by atoms with E-state index >= 15 is 0 Å². The molecule has 20 heavy (non-hydrogen) atoms. The predicted octanol–water partition coefficient (Wildman–Crippen LogP) is 1.04. The van der Waals surface area contributed by atoms with E-state index in [1.54, 1.807) is 0 Å². The topological polar surface area (TPSA) is 141 Å². The standard InChI is InChI=1S/C11H14N2O6S/c12-20(18,19)9-6-3-5-8(11(9)13(16)17)4-1-2-7-10(14)15/h3,5-6H,1-2,4,7H2,(H,14,15)(H2,12,18,19). The highest BCUT2D eigenvalue weighted by molar-refractivity contribution is 7.89. The van der Waals surface area contributed by atoms with Gasteiger partial charge in [-0.2, -0.15) is 0 Å². The van der Waals surface area contributed by atoms with Crippen molar-refractivity contribution in [2.75, 3.05) is 0 Å². The number of carbonyl (C=O) groups is 1. The Morgan fingerprint density at radius 3 is 2.50 bits per heavy atom. The number of para-hydroxylation sites is 1. The molecule has 0 saturated heterocycles. The molecule has 0 unspecified atom stereocenters. The fourth-order valence-corrected chi connectivity index (χ4v) is 2.54. The van der Waals surface area contributed by atoms with Gasteiger partial charge in [0.1, 0.15) is 0 Å². The second-order valence-corrected chi connectivity index (χ2v) is 5.70. The van der Waals surface area contributed by atoms with Crippen LogP contribution in [0.5, 0.6) is 0 Å². The zero-order valence-electron chi connectivity index (χ0n) is 10.5. The number of carboxylic acids is 1. The van der Waals surface area contributed by atoms with E-state index in [9.17, 15) is 23.3 Å². The lowest BCUT2D eigenvalue weighted by Crippen LogP contribution is -2.15. The highest BCUT2D eigenvalue weighted by Gasteiger charge is 2.25. The van der Waals surface area contributed by atoms with Crippen molar-refractivity contribution in [3.63, 3.8) is 0 Å². The van der Waals surface area contributed by atoms with Crippen LogP contribution in [0.25, 0.3) is 0 Å². The molecule has 0 heterocycles. The van der Waals surface area contributed by atoms with Gasteiger partial charge < -0.3 is 5.11 Å². The molecule has 9 heteroatoms. The summed E-state index contributed by atoms with van der Waals surface area (Å²) in [5, 5.41) is 24.5. The number of hydrogen-bond donors (Lipinski definition) is 2. The van der Waals surface area contributed by atoms with Gasteiger partial charge in [-0.15, -0.1) is 0 Å². The fraction of sp³-hybridized carbons (Fsp3) is 0.364. The Morgan fingerprint density at radius 2 is 2.00 bits per heavy atom. The summed E-state index contributed by atoms with van der Waals surface area (Å²) in [5.74, 6) is -0.946. The third-order valence-corrected chi connectivity index (χ3v) is 3.60. The zero-order chi connectivity index (χ0) is 15.3. The largest absolute Gasteiger partial charge is 0.481 e. The van der Waals surface area contributed by atoms with Gasteiger partial charge >= 0.3 is 5.97 Å². The van der Waals surface area contributed by atoms with Gasteiger partial charge in [0, 0.05) is 12.0 Å². The maximum absolute atomic E-state index is 11.3. The van der Waals surface area contributed by atoms with Gasteiger partial charge in [-0.05, 0) is 25.3 Å². The third-order valence-electron chi connectivity index (χ3n) is 2.66. The van der Waals surface area contributed by atoms with Crippen LogP contribution in [0, 0.1) is 10.1 Å². The molecule has 1 aromatic rings. The summed E-state index contributed by atoms with van der Waals surface area (Å²) in [4.78, 5) is 20.1. The van der Waals surface area contributed by atoms with Crippen molar-refractivity contribution >= 4 is 21.7 Å². The summed E-state index contributed by atoms with van der Waals surface area (Å²) < 4.78 is 22.7. The third kappa shape index (κ3) is 4.28. The number of aryl methyl sites for hydroxylation is 1. The monoisotopic (exact) mass is 302 g/mol. The molecular weight excluding hydrogens is 288 g/mol. The van der Waals surface area contributed by atoms with Crippen LogP contribution in [0.2, 0.25) is 0 Å². The minimum absolute atomic E-state index is 0.0390. The first-order valence-electron chi connectivity index (χ1n) is 5.74. The quantitative estimate of drug-likeness (QED) is 0.438. The fourth-order valence-electron chi connectivity index (χ4n) is 1.80. The molecule has 0 spiro atoms. The predicted molar refractivity (Wildman–Crippen MR) is 69.7 cm³/mol. The normalized spacial score (nSPS) is 11.2. The molecule has 0 aliphatic heterocycles. The van der Waals surface area contributed by atoms with E-state index in [2.05, 4.69) is 0 Å². The Balaban J connectivity index is 3.02. The minimum Gasteiger partial charge on any atom is -0.481 e. The lowest BCUT2D eigenvalue weighted by atomic mass is 10.1. The molecule has 0 aromatic heterocycles. The summed E-state index contributed by atoms with van der Waals surface area (Å²) >= 11 is 0. The van der Waals surface area contributed by atoms with Crippen molar-refractivity contribution < 1.29 is 23.2 Å². The second kappa shape index (κ2) is 6.44. The number of primary sulfonamides is 1. The molecule has 0 aliphatic rings. The van der Waals surface area contributed by atoms with E-state index in [1.165, 1.54) is 12.1 Å². The van der Waals surface area contributed by atoms with Crippen molar-refractivity contribution in [3.8, 4) is 0 Å². The highest BCUT2D eigenvalue weighted by Crippen LogP contribution is 2.28. The number of aliphatic carboxylic acids is 1. The minimum atomic E-state index is -4.18. The number of nitro benzene ring substituents is 1. The molecule has 0 saturated carbocycles. The summed E-state index contributed by atoms with van der Waals surface area (Å²) in [6.07, 6.45) is 0.933. The Morgan fingerprint density at radius 1 is 1.35 bits per heavy atom. The number of unbranched alkanes of at least 4 members (excludes halogenated alkanes) is 1. The van der Waals surface area contributed by atoms with Gasteiger partial charge in [-0.1, -0.05) is 12.1 Å². The lowest BCUT2D eigenvalue weighted by molar-refractivity contribution is -0.388. The van der Waals surface area contributed by atoms with Crippen molar-refractivity contribution in [2.45, 2.75) is 30.6 Å². The number of nitrogens with zero attached hydrogens (tertiary/aromatic N) is 1. The molecule has 3 N–H and O–H groups in total. The molecule has 0 fully saturated rings. The van der Waals surface area contributed by atoms with Crippen LogP contribution in [0.4, 0.5) is 5.69 Å². The molecule has 1 rings (SSSR count). The first-order chi connectivity index (χ1) is 9.23. The first-order valence-corrected chi connectivity index (χ1v) is 7.29. The average Bonchev–Trinajstić information content (AvgIpc) is 2.32. The van der Waals surface area contributed by atoms with Crippen molar-refractivity contribution in [3.05, 3.63) is 33.9 Å². The highest BCUT2D eigenvalue weighted by atomic mass is 32.2. The molecule has 0 amide bonds.